The van der Waals surface area contributed by atoms with Crippen LogP contribution in [0.1, 0.15) is 28.9 Å². The summed E-state index contributed by atoms with van der Waals surface area (Å²) in [5.74, 6) is 1.16. The van der Waals surface area contributed by atoms with Crippen LogP contribution in [-0.4, -0.2) is 45.0 Å². The van der Waals surface area contributed by atoms with Crippen LogP contribution >= 0.6 is 0 Å². The van der Waals surface area contributed by atoms with E-state index in [1.807, 2.05) is 72.0 Å². The molecule has 33 heavy (non-hydrogen) atoms. The van der Waals surface area contributed by atoms with Gasteiger partial charge in [0.05, 0.1) is 18.5 Å². The fraction of sp³-hybridized carbons (Fsp3) is 0.296. The summed E-state index contributed by atoms with van der Waals surface area (Å²) in [6.07, 6.45) is 3.62. The van der Waals surface area contributed by atoms with Crippen molar-refractivity contribution >= 4 is 17.1 Å². The highest BCUT2D eigenvalue weighted by molar-refractivity contribution is 5.94. The van der Waals surface area contributed by atoms with Gasteiger partial charge >= 0.3 is 0 Å². The Morgan fingerprint density at radius 1 is 1.12 bits per heavy atom. The van der Waals surface area contributed by atoms with E-state index in [0.29, 0.717) is 24.8 Å². The Labute approximate surface area is 193 Å². The molecule has 1 aliphatic rings. The minimum Gasteiger partial charge on any atom is -0.493 e. The lowest BCUT2D eigenvalue weighted by molar-refractivity contribution is 0.0627. The molecule has 0 radical (unpaired) electrons. The molecule has 1 atom stereocenters. The molecule has 1 aliphatic heterocycles. The molecule has 0 aliphatic carbocycles. The molecule has 0 spiro atoms. The zero-order chi connectivity index (χ0) is 22.8. The van der Waals surface area contributed by atoms with E-state index < -0.39 is 0 Å². The summed E-state index contributed by atoms with van der Waals surface area (Å²) in [5, 5.41) is 0. The van der Waals surface area contributed by atoms with Gasteiger partial charge < -0.3 is 14.2 Å². The number of nitrogens with zero attached hydrogens (tertiary/aromatic N) is 4. The first-order valence-corrected chi connectivity index (χ1v) is 11.5. The molecule has 5 rings (SSSR count). The van der Waals surface area contributed by atoms with Gasteiger partial charge in [-0.3, -0.25) is 4.79 Å². The van der Waals surface area contributed by atoms with E-state index in [9.17, 15) is 4.79 Å². The molecule has 0 saturated carbocycles. The molecule has 2 aromatic heterocycles. The number of piperidine rings is 1. The molecule has 4 aromatic rings. The number of aromatic nitrogens is 3. The lowest BCUT2D eigenvalue weighted by Crippen LogP contribution is -2.42. The van der Waals surface area contributed by atoms with Crippen molar-refractivity contribution in [2.45, 2.75) is 19.8 Å². The number of amides is 1. The molecule has 0 bridgehead atoms. The topological polar surface area (TPSA) is 60.2 Å². The Balaban J connectivity index is 1.31. The smallest absolute Gasteiger partial charge is 0.274 e. The Bertz CT molecular complexity index is 1280. The first kappa shape index (κ1) is 21.2. The summed E-state index contributed by atoms with van der Waals surface area (Å²) in [6, 6.07) is 20.2. The van der Waals surface area contributed by atoms with Gasteiger partial charge in [-0.1, -0.05) is 48.5 Å². The average molecular weight is 441 g/mol. The van der Waals surface area contributed by atoms with E-state index in [2.05, 4.69) is 22.1 Å². The number of hydrogen-bond donors (Lipinski definition) is 0. The minimum atomic E-state index is -0.0601. The summed E-state index contributed by atoms with van der Waals surface area (Å²) in [4.78, 5) is 24.4. The second-order valence-electron chi connectivity index (χ2n) is 8.75. The molecular weight excluding hydrogens is 412 g/mol. The van der Waals surface area contributed by atoms with E-state index in [4.69, 9.17) is 4.74 Å². The number of para-hydroxylation sites is 1. The minimum absolute atomic E-state index is 0.0601. The normalized spacial score (nSPS) is 16.2. The van der Waals surface area contributed by atoms with Crippen molar-refractivity contribution in [2.75, 3.05) is 19.7 Å². The molecule has 6 heteroatoms. The number of carbonyl (C=O) groups is 1. The van der Waals surface area contributed by atoms with Gasteiger partial charge in [-0.2, -0.15) is 0 Å². The molecule has 168 valence electrons. The van der Waals surface area contributed by atoms with Crippen LogP contribution in [0.3, 0.4) is 0 Å². The lowest BCUT2D eigenvalue weighted by atomic mass is 9.98. The number of aryl methyl sites for hydroxylation is 2. The third-order valence-electron chi connectivity index (χ3n) is 6.39. The Hall–Kier alpha value is -3.67. The maximum absolute atomic E-state index is 13.3. The van der Waals surface area contributed by atoms with Gasteiger partial charge in [-0.15, -0.1) is 0 Å². The third-order valence-corrected chi connectivity index (χ3v) is 6.39. The molecular formula is C27H28N4O2. The van der Waals surface area contributed by atoms with Crippen LogP contribution in [0.4, 0.5) is 0 Å². The van der Waals surface area contributed by atoms with Gasteiger partial charge in [0.1, 0.15) is 17.0 Å². The Morgan fingerprint density at radius 3 is 2.73 bits per heavy atom. The highest BCUT2D eigenvalue weighted by Crippen LogP contribution is 2.26. The van der Waals surface area contributed by atoms with Crippen LogP contribution in [0, 0.1) is 12.8 Å². The van der Waals surface area contributed by atoms with Gasteiger partial charge in [-0.05, 0) is 43.0 Å². The van der Waals surface area contributed by atoms with E-state index in [1.165, 1.54) is 0 Å². The summed E-state index contributed by atoms with van der Waals surface area (Å²) >= 11 is 0. The highest BCUT2D eigenvalue weighted by Gasteiger charge is 2.26. The summed E-state index contributed by atoms with van der Waals surface area (Å²) in [6.45, 7) is 4.07. The largest absolute Gasteiger partial charge is 0.493 e. The predicted octanol–water partition coefficient (Wildman–Crippen LogP) is 4.87. The number of ether oxygens (including phenoxy) is 1. The van der Waals surface area contributed by atoms with Gasteiger partial charge in [0.2, 0.25) is 0 Å². The number of carbonyl (C=O) groups excluding carboxylic acids is 1. The fourth-order valence-electron chi connectivity index (χ4n) is 4.56. The zero-order valence-corrected chi connectivity index (χ0v) is 19.1. The first-order valence-electron chi connectivity index (χ1n) is 11.5. The standard InChI is InChI=1S/C27H28N4O2/c1-19-9-6-7-13-25(19)33-18-20-10-8-14-31(17-20)27(32)23-16-28-26-22(29-23)15-24(30(26)2)21-11-4-3-5-12-21/h3-7,9,11-13,15-16,20H,8,10,14,17-18H2,1-2H3. The Kier molecular flexibility index (Phi) is 5.82. The third kappa shape index (κ3) is 4.33. The van der Waals surface area contributed by atoms with Crippen LogP contribution in [0.5, 0.6) is 5.75 Å². The maximum atomic E-state index is 13.3. The van der Waals surface area contributed by atoms with Gasteiger partial charge in [-0.25, -0.2) is 9.97 Å². The molecule has 0 N–H and O–H groups in total. The molecule has 1 unspecified atom stereocenters. The molecule has 1 fully saturated rings. The van der Waals surface area contributed by atoms with Gasteiger partial charge in [0.15, 0.2) is 5.65 Å². The predicted molar refractivity (Wildman–Crippen MR) is 129 cm³/mol. The van der Waals surface area contributed by atoms with Crippen molar-refractivity contribution in [3.05, 3.63) is 78.1 Å². The van der Waals surface area contributed by atoms with Crippen LogP contribution in [0.15, 0.2) is 66.9 Å². The van der Waals surface area contributed by atoms with Gasteiger partial charge in [0, 0.05) is 26.1 Å². The SMILES string of the molecule is Cc1ccccc1OCC1CCCN(C(=O)c2cnc3c(cc(-c4ccccc4)n3C)n2)C1. The second kappa shape index (κ2) is 9.06. The summed E-state index contributed by atoms with van der Waals surface area (Å²) < 4.78 is 8.08. The van der Waals surface area contributed by atoms with E-state index >= 15 is 0 Å². The van der Waals surface area contributed by atoms with E-state index in [0.717, 1.165) is 53.1 Å². The van der Waals surface area contributed by atoms with Crippen LogP contribution in [-0.2, 0) is 7.05 Å². The Morgan fingerprint density at radius 2 is 1.91 bits per heavy atom. The maximum Gasteiger partial charge on any atom is 0.274 e. The van der Waals surface area contributed by atoms with Crippen molar-refractivity contribution in [1.82, 2.24) is 19.4 Å². The average Bonchev–Trinajstić information content (AvgIpc) is 3.19. The molecule has 2 aromatic carbocycles. The fourth-order valence-corrected chi connectivity index (χ4v) is 4.56. The van der Waals surface area contributed by atoms with E-state index in [-0.39, 0.29) is 5.91 Å². The van der Waals surface area contributed by atoms with Crippen LogP contribution in [0.2, 0.25) is 0 Å². The van der Waals surface area contributed by atoms with Crippen LogP contribution < -0.4 is 4.74 Å². The van der Waals surface area contributed by atoms with Gasteiger partial charge in [0.25, 0.3) is 5.91 Å². The second-order valence-corrected chi connectivity index (χ2v) is 8.75. The van der Waals surface area contributed by atoms with Crippen molar-refractivity contribution in [3.63, 3.8) is 0 Å². The first-order chi connectivity index (χ1) is 16.1. The molecule has 1 saturated heterocycles. The molecule has 3 heterocycles. The number of hydrogen-bond acceptors (Lipinski definition) is 4. The van der Waals surface area contributed by atoms with Crippen molar-refractivity contribution in [1.29, 1.82) is 0 Å². The van der Waals surface area contributed by atoms with Crippen molar-refractivity contribution in [2.24, 2.45) is 13.0 Å². The monoisotopic (exact) mass is 440 g/mol. The molecule has 6 nitrogen and oxygen atoms in total. The number of likely N-dealkylation sites (tertiary alicyclic amines) is 1. The number of fused-ring (bicyclic) bond motifs is 1. The molecule has 1 amide bonds. The van der Waals surface area contributed by atoms with E-state index in [1.54, 1.807) is 6.20 Å². The van der Waals surface area contributed by atoms with Crippen molar-refractivity contribution < 1.29 is 9.53 Å². The summed E-state index contributed by atoms with van der Waals surface area (Å²) in [5.41, 5.74) is 5.16. The number of benzene rings is 2. The van der Waals surface area contributed by atoms with Crippen molar-refractivity contribution in [3.8, 4) is 17.0 Å². The highest BCUT2D eigenvalue weighted by atomic mass is 16.5. The van der Waals surface area contributed by atoms with Crippen LogP contribution in [0.25, 0.3) is 22.4 Å². The summed E-state index contributed by atoms with van der Waals surface area (Å²) in [7, 11) is 1.98. The lowest BCUT2D eigenvalue weighted by Gasteiger charge is -2.32. The quantitative estimate of drug-likeness (QED) is 0.444. The zero-order valence-electron chi connectivity index (χ0n) is 19.1. The number of rotatable bonds is 5.